The molecular weight excluding hydrogens is 312 g/mol. The molecule has 4 nitrogen and oxygen atoms in total. The van der Waals surface area contributed by atoms with Crippen LogP contribution in [0.3, 0.4) is 0 Å². The minimum atomic E-state index is -0.518. The van der Waals surface area contributed by atoms with Crippen molar-refractivity contribution in [3.63, 3.8) is 0 Å². The summed E-state index contributed by atoms with van der Waals surface area (Å²) >= 11 is 5.89. The minimum absolute atomic E-state index is 0.133. The lowest BCUT2D eigenvalue weighted by Gasteiger charge is -2.25. The number of carbonyl (C=O) groups excluding carboxylic acids is 2. The molecule has 0 radical (unpaired) electrons. The molecule has 1 aliphatic rings. The van der Waals surface area contributed by atoms with Crippen LogP contribution in [-0.4, -0.2) is 24.4 Å². The number of anilines is 1. The van der Waals surface area contributed by atoms with Crippen LogP contribution in [0.4, 0.5) is 5.69 Å². The van der Waals surface area contributed by atoms with E-state index in [4.69, 9.17) is 11.6 Å². The molecule has 0 aliphatic carbocycles. The van der Waals surface area contributed by atoms with Crippen molar-refractivity contribution < 1.29 is 9.59 Å². The highest BCUT2D eigenvalue weighted by molar-refractivity contribution is 6.30. The molecular formula is C18H17ClN2O2. The Balaban J connectivity index is 1.99. The molecule has 0 bridgehead atoms. The summed E-state index contributed by atoms with van der Waals surface area (Å²) in [7, 11) is 0. The van der Waals surface area contributed by atoms with Crippen molar-refractivity contribution in [2.24, 2.45) is 0 Å². The maximum atomic E-state index is 12.9. The van der Waals surface area contributed by atoms with E-state index in [0.717, 1.165) is 11.3 Å². The third-order valence-electron chi connectivity index (χ3n) is 3.94. The highest BCUT2D eigenvalue weighted by atomic mass is 35.5. The molecule has 2 aromatic rings. The number of carbonyl (C=O) groups is 2. The first-order chi connectivity index (χ1) is 11.1. The normalized spacial score (nSPS) is 16.1. The van der Waals surface area contributed by atoms with E-state index < -0.39 is 6.04 Å². The van der Waals surface area contributed by atoms with Gasteiger partial charge in [0.2, 0.25) is 5.91 Å². The monoisotopic (exact) mass is 328 g/mol. The molecule has 1 heterocycles. The number of fused-ring (bicyclic) bond motifs is 1. The summed E-state index contributed by atoms with van der Waals surface area (Å²) in [6.45, 7) is 2.40. The first-order valence-electron chi connectivity index (χ1n) is 7.56. The smallest absolute Gasteiger partial charge is 0.259 e. The average molecular weight is 329 g/mol. The first-order valence-corrected chi connectivity index (χ1v) is 7.94. The van der Waals surface area contributed by atoms with Crippen LogP contribution in [0, 0.1) is 0 Å². The molecule has 1 N–H and O–H groups in total. The lowest BCUT2D eigenvalue weighted by molar-refractivity contribution is -0.122. The van der Waals surface area contributed by atoms with Gasteiger partial charge in [0.25, 0.3) is 5.91 Å². The molecule has 0 aromatic heterocycles. The summed E-state index contributed by atoms with van der Waals surface area (Å²) in [5.41, 5.74) is 2.31. The third kappa shape index (κ3) is 2.94. The lowest BCUT2D eigenvalue weighted by Crippen LogP contribution is -2.48. The van der Waals surface area contributed by atoms with E-state index in [0.29, 0.717) is 23.6 Å². The fourth-order valence-corrected chi connectivity index (χ4v) is 3.00. The summed E-state index contributed by atoms with van der Waals surface area (Å²) in [6.07, 6.45) is 0.529. The van der Waals surface area contributed by atoms with E-state index in [9.17, 15) is 9.59 Å². The molecule has 0 saturated carbocycles. The van der Waals surface area contributed by atoms with Crippen LogP contribution in [0.1, 0.15) is 22.8 Å². The van der Waals surface area contributed by atoms with Crippen molar-refractivity contribution in [1.82, 2.24) is 5.32 Å². The number of likely N-dealkylation sites (N-methyl/N-ethyl adjacent to an activating group) is 1. The third-order valence-corrected chi connectivity index (χ3v) is 4.19. The highest BCUT2D eigenvalue weighted by Crippen LogP contribution is 2.33. The topological polar surface area (TPSA) is 49.4 Å². The fourth-order valence-electron chi connectivity index (χ4n) is 2.87. The van der Waals surface area contributed by atoms with Crippen LogP contribution in [0.5, 0.6) is 0 Å². The van der Waals surface area contributed by atoms with Crippen LogP contribution in [0.2, 0.25) is 5.02 Å². The van der Waals surface area contributed by atoms with Gasteiger partial charge in [-0.3, -0.25) is 14.5 Å². The molecule has 0 saturated heterocycles. The molecule has 0 fully saturated rings. The summed E-state index contributed by atoms with van der Waals surface area (Å²) in [5.74, 6) is -0.325. The molecule has 1 atom stereocenters. The highest BCUT2D eigenvalue weighted by Gasteiger charge is 2.38. The Morgan fingerprint density at radius 1 is 1.17 bits per heavy atom. The average Bonchev–Trinajstić information content (AvgIpc) is 2.94. The van der Waals surface area contributed by atoms with Gasteiger partial charge in [0.05, 0.1) is 0 Å². The van der Waals surface area contributed by atoms with Crippen molar-refractivity contribution >= 4 is 29.1 Å². The second kappa shape index (κ2) is 6.42. The molecule has 0 spiro atoms. The molecule has 118 valence electrons. The van der Waals surface area contributed by atoms with Gasteiger partial charge in [-0.1, -0.05) is 29.8 Å². The molecule has 3 rings (SSSR count). The Morgan fingerprint density at radius 2 is 1.87 bits per heavy atom. The van der Waals surface area contributed by atoms with Gasteiger partial charge in [-0.05, 0) is 42.8 Å². The molecule has 2 aromatic carbocycles. The van der Waals surface area contributed by atoms with Crippen molar-refractivity contribution in [2.75, 3.05) is 11.4 Å². The van der Waals surface area contributed by atoms with E-state index in [2.05, 4.69) is 5.32 Å². The molecule has 5 heteroatoms. The van der Waals surface area contributed by atoms with Crippen LogP contribution >= 0.6 is 11.6 Å². The number of nitrogens with one attached hydrogen (secondary N) is 1. The second-order valence-corrected chi connectivity index (χ2v) is 5.86. The van der Waals surface area contributed by atoms with Gasteiger partial charge < -0.3 is 5.32 Å². The molecule has 0 unspecified atom stereocenters. The summed E-state index contributed by atoms with van der Waals surface area (Å²) in [4.78, 5) is 26.9. The van der Waals surface area contributed by atoms with Crippen molar-refractivity contribution in [1.29, 1.82) is 0 Å². The number of benzene rings is 2. The van der Waals surface area contributed by atoms with Gasteiger partial charge in [-0.25, -0.2) is 0 Å². The van der Waals surface area contributed by atoms with E-state index in [-0.39, 0.29) is 11.8 Å². The molecule has 1 aliphatic heterocycles. The Hall–Kier alpha value is -2.33. The number of hydrogen-bond donors (Lipinski definition) is 1. The summed E-state index contributed by atoms with van der Waals surface area (Å²) < 4.78 is 0. The predicted molar refractivity (Wildman–Crippen MR) is 90.9 cm³/mol. The minimum Gasteiger partial charge on any atom is -0.355 e. The van der Waals surface area contributed by atoms with E-state index >= 15 is 0 Å². The maximum Gasteiger partial charge on any atom is 0.259 e. The van der Waals surface area contributed by atoms with Gasteiger partial charge in [-0.15, -0.1) is 0 Å². The van der Waals surface area contributed by atoms with Crippen molar-refractivity contribution in [3.05, 3.63) is 64.7 Å². The van der Waals surface area contributed by atoms with Gasteiger partial charge in [-0.2, -0.15) is 0 Å². The number of nitrogens with zero attached hydrogens (tertiary/aromatic N) is 1. The van der Waals surface area contributed by atoms with Crippen LogP contribution < -0.4 is 10.2 Å². The zero-order valence-electron chi connectivity index (χ0n) is 12.8. The lowest BCUT2D eigenvalue weighted by atomic mass is 10.1. The van der Waals surface area contributed by atoms with E-state index in [1.54, 1.807) is 29.2 Å². The van der Waals surface area contributed by atoms with Crippen LogP contribution in [0.15, 0.2) is 48.5 Å². The summed E-state index contributed by atoms with van der Waals surface area (Å²) in [6, 6.07) is 13.8. The SMILES string of the molecule is CCNC(=O)[C@H]1Cc2ccccc2N1C(=O)c1ccc(Cl)cc1. The van der Waals surface area contributed by atoms with Crippen LogP contribution in [0.25, 0.3) is 0 Å². The van der Waals surface area contributed by atoms with E-state index in [1.165, 1.54) is 0 Å². The zero-order valence-corrected chi connectivity index (χ0v) is 13.5. The van der Waals surface area contributed by atoms with Crippen LogP contribution in [-0.2, 0) is 11.2 Å². The predicted octanol–water partition coefficient (Wildman–Crippen LogP) is 3.05. The van der Waals surface area contributed by atoms with Gasteiger partial charge >= 0.3 is 0 Å². The Morgan fingerprint density at radius 3 is 2.57 bits per heavy atom. The first kappa shape index (κ1) is 15.6. The number of rotatable bonds is 3. The van der Waals surface area contributed by atoms with E-state index in [1.807, 2.05) is 31.2 Å². The van der Waals surface area contributed by atoms with Crippen molar-refractivity contribution in [3.8, 4) is 0 Å². The standard InChI is InChI=1S/C18H17ClN2O2/c1-2-20-17(22)16-11-13-5-3-4-6-15(13)21(16)18(23)12-7-9-14(19)10-8-12/h3-10,16H,2,11H2,1H3,(H,20,22)/t16-/m1/s1. The maximum absolute atomic E-state index is 12.9. The Labute approximate surface area is 140 Å². The number of para-hydroxylation sites is 1. The molecule has 23 heavy (non-hydrogen) atoms. The molecule has 2 amide bonds. The fraction of sp³-hybridized carbons (Fsp3) is 0.222. The van der Waals surface area contributed by atoms with Gasteiger partial charge in [0.1, 0.15) is 6.04 Å². The summed E-state index contributed by atoms with van der Waals surface area (Å²) in [5, 5.41) is 3.39. The van der Waals surface area contributed by atoms with Gasteiger partial charge in [0, 0.05) is 29.2 Å². The number of halogens is 1. The quantitative estimate of drug-likeness (QED) is 0.941. The Bertz CT molecular complexity index is 743. The largest absolute Gasteiger partial charge is 0.355 e. The Kier molecular flexibility index (Phi) is 4.35. The zero-order chi connectivity index (χ0) is 16.4. The second-order valence-electron chi connectivity index (χ2n) is 5.43. The number of amides is 2. The van der Waals surface area contributed by atoms with Gasteiger partial charge in [0.15, 0.2) is 0 Å². The number of hydrogen-bond acceptors (Lipinski definition) is 2. The van der Waals surface area contributed by atoms with Crippen molar-refractivity contribution in [2.45, 2.75) is 19.4 Å².